The van der Waals surface area contributed by atoms with Crippen LogP contribution in [0.4, 0.5) is 5.69 Å². The lowest BCUT2D eigenvalue weighted by Gasteiger charge is -2.19. The topological polar surface area (TPSA) is 81.8 Å². The van der Waals surface area contributed by atoms with Crippen LogP contribution in [0.25, 0.3) is 10.9 Å². The van der Waals surface area contributed by atoms with Gasteiger partial charge in [-0.15, -0.1) is 0 Å². The Morgan fingerprint density at radius 2 is 2.05 bits per heavy atom. The molecule has 5 nitrogen and oxygen atoms in total. The molecule has 0 saturated heterocycles. The minimum Gasteiger partial charge on any atom is -0.369 e. The summed E-state index contributed by atoms with van der Waals surface area (Å²) in [4.78, 5) is 1.11. The molecule has 0 atom stereocenters. The number of nitrogens with two attached hydrogens (primary N) is 1. The second-order valence-corrected chi connectivity index (χ2v) is 5.19. The summed E-state index contributed by atoms with van der Waals surface area (Å²) in [5.41, 5.74) is 8.42. The minimum absolute atomic E-state index is 0.270. The Kier molecular flexibility index (Phi) is 4.18. The minimum atomic E-state index is -0.270. The molecule has 3 N–H and O–H groups in total. The zero-order valence-electron chi connectivity index (χ0n) is 12.7. The van der Waals surface area contributed by atoms with E-state index in [1.165, 1.54) is 5.69 Å². The van der Waals surface area contributed by atoms with Crippen molar-refractivity contribution in [2.45, 2.75) is 39.7 Å². The van der Waals surface area contributed by atoms with Gasteiger partial charge in [-0.1, -0.05) is 13.8 Å². The largest absolute Gasteiger partial charge is 0.369 e. The molecular weight excluding hydrogens is 262 g/mol. The monoisotopic (exact) mass is 283 g/mol. The number of fused-ring (bicyclic) bond motifs is 1. The van der Waals surface area contributed by atoms with E-state index in [1.54, 1.807) is 0 Å². The van der Waals surface area contributed by atoms with Gasteiger partial charge in [0.25, 0.3) is 0 Å². The van der Waals surface area contributed by atoms with Crippen LogP contribution in [0.2, 0.25) is 0 Å². The second kappa shape index (κ2) is 5.88. The summed E-state index contributed by atoms with van der Waals surface area (Å²) in [6.07, 6.45) is 4.09. The molecule has 0 spiro atoms. The summed E-state index contributed by atoms with van der Waals surface area (Å²) in [6.45, 7) is 6.49. The van der Waals surface area contributed by atoms with Crippen molar-refractivity contribution >= 4 is 22.5 Å². The highest BCUT2D eigenvalue weighted by molar-refractivity contribution is 5.97. The Morgan fingerprint density at radius 1 is 1.38 bits per heavy atom. The maximum absolute atomic E-state index is 9.10. The molecule has 0 amide bonds. The van der Waals surface area contributed by atoms with E-state index in [9.17, 15) is 0 Å². The van der Waals surface area contributed by atoms with Crippen LogP contribution in [-0.4, -0.2) is 10.5 Å². The number of guanidine groups is 1. The van der Waals surface area contributed by atoms with Gasteiger partial charge in [-0.3, -0.25) is 5.41 Å². The number of nitrogens with zero attached hydrogens (tertiary/aromatic N) is 3. The van der Waals surface area contributed by atoms with Gasteiger partial charge >= 0.3 is 0 Å². The quantitative estimate of drug-likeness (QED) is 0.390. The maximum Gasteiger partial charge on any atom is 0.206 e. The smallest absolute Gasteiger partial charge is 0.206 e. The lowest BCUT2D eigenvalue weighted by atomic mass is 10.1. The Labute approximate surface area is 125 Å². The maximum atomic E-state index is 9.10. The highest BCUT2D eigenvalue weighted by Crippen LogP contribution is 2.30. The first kappa shape index (κ1) is 14.9. The molecule has 2 aromatic rings. The molecule has 0 aliphatic heterocycles. The summed E-state index contributed by atoms with van der Waals surface area (Å²) in [5, 5.41) is 17.6. The first-order valence-electron chi connectivity index (χ1n) is 7.18. The SMILES string of the molecule is CCC(CC)n1c(C)cc2cc(N(C#N)C(=N)N)ccc21. The van der Waals surface area contributed by atoms with Crippen molar-refractivity contribution < 1.29 is 0 Å². The average molecular weight is 283 g/mol. The van der Waals surface area contributed by atoms with Crippen LogP contribution in [0.3, 0.4) is 0 Å². The number of rotatable bonds is 4. The van der Waals surface area contributed by atoms with Crippen LogP contribution < -0.4 is 10.6 Å². The lowest BCUT2D eigenvalue weighted by Crippen LogP contribution is -2.32. The highest BCUT2D eigenvalue weighted by Gasteiger charge is 2.15. The van der Waals surface area contributed by atoms with Gasteiger partial charge in [-0.25, -0.2) is 4.90 Å². The van der Waals surface area contributed by atoms with E-state index in [4.69, 9.17) is 16.4 Å². The van der Waals surface area contributed by atoms with Crippen LogP contribution >= 0.6 is 0 Å². The van der Waals surface area contributed by atoms with Crippen LogP contribution in [0.5, 0.6) is 0 Å². The second-order valence-electron chi connectivity index (χ2n) is 5.19. The third kappa shape index (κ3) is 2.57. The van der Waals surface area contributed by atoms with Gasteiger partial charge in [-0.2, -0.15) is 5.26 Å². The Morgan fingerprint density at radius 3 is 2.57 bits per heavy atom. The van der Waals surface area contributed by atoms with Crippen molar-refractivity contribution in [3.63, 3.8) is 0 Å². The van der Waals surface area contributed by atoms with Crippen LogP contribution in [0.15, 0.2) is 24.3 Å². The molecule has 1 heterocycles. The van der Waals surface area contributed by atoms with Gasteiger partial charge in [0.15, 0.2) is 6.19 Å². The Balaban J connectivity index is 2.57. The zero-order chi connectivity index (χ0) is 15.6. The number of hydrogen-bond acceptors (Lipinski definition) is 2. The van der Waals surface area contributed by atoms with E-state index >= 15 is 0 Å². The standard InChI is InChI=1S/C16H21N5/c1-4-13(5-2)21-11(3)8-12-9-14(6-7-15(12)21)20(10-17)16(18)19/h6-9,13H,4-5H2,1-3H3,(H3,18,19). The predicted octanol–water partition coefficient (Wildman–Crippen LogP) is 3.49. The fourth-order valence-corrected chi connectivity index (χ4v) is 2.89. The third-order valence-electron chi connectivity index (χ3n) is 3.92. The van der Waals surface area contributed by atoms with E-state index in [0.717, 1.165) is 28.6 Å². The van der Waals surface area contributed by atoms with E-state index in [-0.39, 0.29) is 5.96 Å². The van der Waals surface area contributed by atoms with E-state index in [1.807, 2.05) is 24.4 Å². The molecule has 21 heavy (non-hydrogen) atoms. The number of anilines is 1. The van der Waals surface area contributed by atoms with Crippen molar-refractivity contribution in [1.29, 1.82) is 10.7 Å². The van der Waals surface area contributed by atoms with Gasteiger partial charge in [-0.05, 0) is 44.0 Å². The zero-order valence-corrected chi connectivity index (χ0v) is 12.7. The van der Waals surface area contributed by atoms with E-state index in [2.05, 4.69) is 31.4 Å². The van der Waals surface area contributed by atoms with Crippen molar-refractivity contribution in [3.8, 4) is 6.19 Å². The van der Waals surface area contributed by atoms with Crippen LogP contribution in [-0.2, 0) is 0 Å². The summed E-state index contributed by atoms with van der Waals surface area (Å²) < 4.78 is 2.35. The van der Waals surface area contributed by atoms with Gasteiger partial charge in [0.2, 0.25) is 5.96 Å². The van der Waals surface area contributed by atoms with Gasteiger partial charge < -0.3 is 10.3 Å². The molecule has 0 fully saturated rings. The Hall–Kier alpha value is -2.48. The molecular formula is C16H21N5. The van der Waals surface area contributed by atoms with Gasteiger partial charge in [0.05, 0.1) is 5.69 Å². The van der Waals surface area contributed by atoms with Gasteiger partial charge in [0, 0.05) is 22.6 Å². The number of aromatic nitrogens is 1. The number of nitriles is 1. The average Bonchev–Trinajstić information content (AvgIpc) is 2.77. The summed E-state index contributed by atoms with van der Waals surface area (Å²) in [7, 11) is 0. The van der Waals surface area contributed by atoms with Crippen molar-refractivity contribution in [1.82, 2.24) is 4.57 Å². The van der Waals surface area contributed by atoms with E-state index < -0.39 is 0 Å². The number of aryl methyl sites for hydroxylation is 1. The molecule has 1 aromatic heterocycles. The van der Waals surface area contributed by atoms with Crippen molar-refractivity contribution in [3.05, 3.63) is 30.0 Å². The number of benzene rings is 1. The Bertz CT molecular complexity index is 703. The first-order valence-corrected chi connectivity index (χ1v) is 7.18. The molecule has 0 radical (unpaired) electrons. The molecule has 0 aliphatic rings. The van der Waals surface area contributed by atoms with Crippen LogP contribution in [0, 0.1) is 23.8 Å². The summed E-state index contributed by atoms with van der Waals surface area (Å²) in [6, 6.07) is 8.35. The molecule has 110 valence electrons. The van der Waals surface area contributed by atoms with Crippen LogP contribution in [0.1, 0.15) is 38.4 Å². The fourth-order valence-electron chi connectivity index (χ4n) is 2.89. The molecule has 0 unspecified atom stereocenters. The normalized spacial score (nSPS) is 10.8. The van der Waals surface area contributed by atoms with Gasteiger partial charge in [0.1, 0.15) is 0 Å². The summed E-state index contributed by atoms with van der Waals surface area (Å²) in [5.74, 6) is -0.270. The molecule has 0 saturated carbocycles. The number of nitrogens with one attached hydrogen (secondary N) is 1. The fraction of sp³-hybridized carbons (Fsp3) is 0.375. The van der Waals surface area contributed by atoms with E-state index in [0.29, 0.717) is 11.7 Å². The third-order valence-corrected chi connectivity index (χ3v) is 3.92. The molecule has 1 aromatic carbocycles. The highest BCUT2D eigenvalue weighted by atomic mass is 15.2. The number of hydrogen-bond donors (Lipinski definition) is 2. The van der Waals surface area contributed by atoms with Crippen molar-refractivity contribution in [2.75, 3.05) is 4.90 Å². The molecule has 0 aliphatic carbocycles. The van der Waals surface area contributed by atoms with Crippen molar-refractivity contribution in [2.24, 2.45) is 5.73 Å². The lowest BCUT2D eigenvalue weighted by molar-refractivity contribution is 0.477. The summed E-state index contributed by atoms with van der Waals surface area (Å²) >= 11 is 0. The predicted molar refractivity (Wildman–Crippen MR) is 86.3 cm³/mol. The first-order chi connectivity index (χ1) is 10.0. The molecule has 2 rings (SSSR count). The molecule has 5 heteroatoms. The molecule has 0 bridgehead atoms.